The van der Waals surface area contributed by atoms with E-state index in [1.807, 2.05) is 22.8 Å². The van der Waals surface area contributed by atoms with Crippen LogP contribution in [0.1, 0.15) is 5.56 Å². The molecule has 7 nitrogen and oxygen atoms in total. The maximum atomic E-state index is 12.6. The molecule has 0 radical (unpaired) electrons. The summed E-state index contributed by atoms with van der Waals surface area (Å²) in [5, 5.41) is 0. The van der Waals surface area contributed by atoms with Crippen molar-refractivity contribution >= 4 is 49.5 Å². The van der Waals surface area contributed by atoms with Crippen molar-refractivity contribution in [2.75, 3.05) is 35.0 Å². The molecule has 3 aromatic rings. The van der Waals surface area contributed by atoms with Crippen molar-refractivity contribution in [1.29, 1.82) is 0 Å². The maximum absolute atomic E-state index is 12.6. The first-order chi connectivity index (χ1) is 15.0. The highest BCUT2D eigenvalue weighted by molar-refractivity contribution is 9.10. The Hall–Kier alpha value is -2.62. The number of benzene rings is 2. The van der Waals surface area contributed by atoms with Crippen molar-refractivity contribution in [1.82, 2.24) is 4.57 Å². The lowest BCUT2D eigenvalue weighted by Crippen LogP contribution is -2.18. The number of halogens is 1. The highest BCUT2D eigenvalue weighted by atomic mass is 79.9. The minimum Gasteiger partial charge on any atom is -0.493 e. The molecule has 1 aromatic heterocycles. The average molecular weight is 507 g/mol. The Bertz CT molecular complexity index is 1160. The standard InChI is InChI=1S/C22H23BrN2O5S/c1-27-10-9-25-16-7-6-15(23)13-19(16)31-22(25)24-20(26)8-5-14-11-17(28-2)21(30-4)18(12-14)29-3/h5-8,11-13H,9-10H2,1-4H3/b8-5-,24-22?. The highest BCUT2D eigenvalue weighted by Crippen LogP contribution is 2.38. The van der Waals surface area contributed by atoms with Crippen LogP contribution in [0.2, 0.25) is 0 Å². The number of nitrogens with zero attached hydrogens (tertiary/aromatic N) is 2. The first kappa shape index (κ1) is 23.1. The molecule has 164 valence electrons. The summed E-state index contributed by atoms with van der Waals surface area (Å²) in [4.78, 5) is 17.5. The smallest absolute Gasteiger partial charge is 0.272 e. The molecule has 0 aliphatic rings. The monoisotopic (exact) mass is 506 g/mol. The lowest BCUT2D eigenvalue weighted by molar-refractivity contribution is -0.113. The van der Waals surface area contributed by atoms with Gasteiger partial charge in [0, 0.05) is 24.2 Å². The van der Waals surface area contributed by atoms with Crippen LogP contribution in [0.15, 0.2) is 45.9 Å². The summed E-state index contributed by atoms with van der Waals surface area (Å²) in [6, 6.07) is 9.51. The van der Waals surface area contributed by atoms with Gasteiger partial charge in [-0.15, -0.1) is 0 Å². The van der Waals surface area contributed by atoms with Gasteiger partial charge in [0.15, 0.2) is 16.3 Å². The van der Waals surface area contributed by atoms with E-state index < -0.39 is 0 Å². The van der Waals surface area contributed by atoms with Crippen molar-refractivity contribution in [2.45, 2.75) is 6.54 Å². The van der Waals surface area contributed by atoms with Crippen LogP contribution in [0, 0.1) is 0 Å². The van der Waals surface area contributed by atoms with E-state index in [-0.39, 0.29) is 5.91 Å². The molecular formula is C22H23BrN2O5S. The minimum absolute atomic E-state index is 0.370. The third kappa shape index (κ3) is 5.36. The molecule has 0 bridgehead atoms. The number of amides is 1. The highest BCUT2D eigenvalue weighted by Gasteiger charge is 2.12. The number of ether oxygens (including phenoxy) is 4. The Balaban J connectivity index is 1.95. The van der Waals surface area contributed by atoms with Crippen LogP contribution in [0.5, 0.6) is 17.2 Å². The second-order valence-electron chi connectivity index (χ2n) is 6.38. The van der Waals surface area contributed by atoms with E-state index in [0.29, 0.717) is 35.2 Å². The average Bonchev–Trinajstić information content (AvgIpc) is 3.10. The number of fused-ring (bicyclic) bond motifs is 1. The number of carbonyl (C=O) groups is 1. The lowest BCUT2D eigenvalue weighted by atomic mass is 10.1. The molecule has 31 heavy (non-hydrogen) atoms. The third-order valence-corrected chi connectivity index (χ3v) is 6.01. The Morgan fingerprint density at radius 2 is 1.81 bits per heavy atom. The summed E-state index contributed by atoms with van der Waals surface area (Å²) in [6.45, 7) is 1.12. The van der Waals surface area contributed by atoms with Gasteiger partial charge in [-0.05, 0) is 42.0 Å². The molecule has 0 spiro atoms. The van der Waals surface area contributed by atoms with Crippen LogP contribution >= 0.6 is 27.3 Å². The minimum atomic E-state index is -0.370. The SMILES string of the molecule is COCCn1c(=NC(=O)/C=C\c2cc(OC)c(OC)c(OC)c2)sc2cc(Br)ccc21. The zero-order valence-electron chi connectivity index (χ0n) is 17.7. The first-order valence-electron chi connectivity index (χ1n) is 9.35. The molecule has 0 atom stereocenters. The summed E-state index contributed by atoms with van der Waals surface area (Å²) < 4.78 is 25.2. The summed E-state index contributed by atoms with van der Waals surface area (Å²) >= 11 is 4.94. The fraction of sp³-hybridized carbons (Fsp3) is 0.273. The normalized spacial score (nSPS) is 12.0. The van der Waals surface area contributed by atoms with E-state index in [1.165, 1.54) is 17.4 Å². The van der Waals surface area contributed by atoms with Gasteiger partial charge in [-0.2, -0.15) is 4.99 Å². The van der Waals surface area contributed by atoms with Gasteiger partial charge in [-0.1, -0.05) is 27.3 Å². The van der Waals surface area contributed by atoms with Crippen molar-refractivity contribution < 1.29 is 23.7 Å². The fourth-order valence-electron chi connectivity index (χ4n) is 3.03. The van der Waals surface area contributed by atoms with Gasteiger partial charge in [-0.25, -0.2) is 0 Å². The first-order valence-corrected chi connectivity index (χ1v) is 11.0. The number of carbonyl (C=O) groups excluding carboxylic acids is 1. The van der Waals surface area contributed by atoms with Gasteiger partial charge >= 0.3 is 0 Å². The molecule has 0 aliphatic carbocycles. The van der Waals surface area contributed by atoms with Gasteiger partial charge < -0.3 is 23.5 Å². The van der Waals surface area contributed by atoms with Crippen LogP contribution in [0.3, 0.4) is 0 Å². The van der Waals surface area contributed by atoms with Crippen LogP contribution in [-0.4, -0.2) is 45.5 Å². The van der Waals surface area contributed by atoms with Crippen molar-refractivity contribution in [3.63, 3.8) is 0 Å². The van der Waals surface area contributed by atoms with E-state index in [9.17, 15) is 4.79 Å². The van der Waals surface area contributed by atoms with E-state index in [4.69, 9.17) is 18.9 Å². The quantitative estimate of drug-likeness (QED) is 0.426. The number of methoxy groups -OCH3 is 4. The molecule has 0 N–H and O–H groups in total. The molecule has 0 aliphatic heterocycles. The molecule has 3 rings (SSSR count). The molecule has 1 heterocycles. The number of rotatable bonds is 8. The Labute approximate surface area is 192 Å². The number of hydrogen-bond donors (Lipinski definition) is 0. The van der Waals surface area contributed by atoms with E-state index >= 15 is 0 Å². The summed E-state index contributed by atoms with van der Waals surface area (Å²) in [6.07, 6.45) is 3.08. The van der Waals surface area contributed by atoms with Gasteiger partial charge in [0.05, 0.1) is 38.2 Å². The zero-order chi connectivity index (χ0) is 22.4. The van der Waals surface area contributed by atoms with Crippen molar-refractivity contribution in [2.24, 2.45) is 4.99 Å². The van der Waals surface area contributed by atoms with Crippen molar-refractivity contribution in [3.8, 4) is 17.2 Å². The number of aromatic nitrogens is 1. The van der Waals surface area contributed by atoms with Gasteiger partial charge in [-0.3, -0.25) is 4.79 Å². The van der Waals surface area contributed by atoms with Crippen LogP contribution < -0.4 is 19.0 Å². The predicted octanol–water partition coefficient (Wildman–Crippen LogP) is 4.28. The molecule has 9 heteroatoms. The van der Waals surface area contributed by atoms with Gasteiger partial charge in [0.25, 0.3) is 5.91 Å². The zero-order valence-corrected chi connectivity index (χ0v) is 20.1. The van der Waals surface area contributed by atoms with Crippen LogP contribution in [0.25, 0.3) is 16.3 Å². The molecular weight excluding hydrogens is 484 g/mol. The van der Waals surface area contributed by atoms with Crippen LogP contribution in [0.4, 0.5) is 0 Å². The molecule has 0 saturated heterocycles. The molecule has 0 unspecified atom stereocenters. The van der Waals surface area contributed by atoms with Gasteiger partial charge in [0.2, 0.25) is 5.75 Å². The van der Waals surface area contributed by atoms with E-state index in [0.717, 1.165) is 20.3 Å². The maximum Gasteiger partial charge on any atom is 0.272 e. The van der Waals surface area contributed by atoms with Crippen LogP contribution in [-0.2, 0) is 16.1 Å². The van der Waals surface area contributed by atoms with Crippen molar-refractivity contribution in [3.05, 3.63) is 51.2 Å². The Morgan fingerprint density at radius 3 is 2.42 bits per heavy atom. The number of thiazole rings is 1. The van der Waals surface area contributed by atoms with E-state index in [1.54, 1.807) is 46.6 Å². The molecule has 2 aromatic carbocycles. The number of hydrogen-bond acceptors (Lipinski definition) is 6. The summed E-state index contributed by atoms with van der Waals surface area (Å²) in [5.74, 6) is 1.15. The molecule has 0 saturated carbocycles. The summed E-state index contributed by atoms with van der Waals surface area (Å²) in [7, 11) is 6.28. The Morgan fingerprint density at radius 1 is 1.10 bits per heavy atom. The third-order valence-electron chi connectivity index (χ3n) is 4.48. The largest absolute Gasteiger partial charge is 0.493 e. The fourth-order valence-corrected chi connectivity index (χ4v) is 4.64. The predicted molar refractivity (Wildman–Crippen MR) is 125 cm³/mol. The second-order valence-corrected chi connectivity index (χ2v) is 8.31. The summed E-state index contributed by atoms with van der Waals surface area (Å²) in [5.41, 5.74) is 1.73. The lowest BCUT2D eigenvalue weighted by Gasteiger charge is -2.12. The van der Waals surface area contributed by atoms with Gasteiger partial charge in [0.1, 0.15) is 0 Å². The van der Waals surface area contributed by atoms with E-state index in [2.05, 4.69) is 20.9 Å². The topological polar surface area (TPSA) is 71.3 Å². The second kappa shape index (κ2) is 10.6. The molecule has 0 fully saturated rings. The Kier molecular flexibility index (Phi) is 7.89. The molecule has 1 amide bonds.